The Morgan fingerprint density at radius 1 is 0.889 bits per heavy atom. The first-order chi connectivity index (χ1) is 8.90. The smallest absolute Gasteiger partial charge is 0.0867 e. The van der Waals surface area contributed by atoms with Gasteiger partial charge in [-0.05, 0) is 30.4 Å². The molecule has 0 aromatic heterocycles. The van der Waals surface area contributed by atoms with E-state index in [0.717, 1.165) is 30.5 Å². The molecule has 2 nitrogen and oxygen atoms in total. The highest BCUT2D eigenvalue weighted by Gasteiger charge is 2.03. The summed E-state index contributed by atoms with van der Waals surface area (Å²) in [4.78, 5) is 0. The Kier molecular flexibility index (Phi) is 4.53. The van der Waals surface area contributed by atoms with Gasteiger partial charge in [0.1, 0.15) is 0 Å². The summed E-state index contributed by atoms with van der Waals surface area (Å²) in [7, 11) is 0. The number of aryl methyl sites for hydroxylation is 1. The Hall–Kier alpha value is -2.09. The van der Waals surface area contributed by atoms with Gasteiger partial charge in [-0.15, -0.1) is 0 Å². The molecule has 0 aliphatic rings. The van der Waals surface area contributed by atoms with Crippen molar-refractivity contribution in [2.24, 2.45) is 5.16 Å². The van der Waals surface area contributed by atoms with E-state index in [9.17, 15) is 0 Å². The lowest BCUT2D eigenvalue weighted by Crippen LogP contribution is -2.01. The Balaban J connectivity index is 1.90. The molecule has 0 atom stereocenters. The second kappa shape index (κ2) is 6.60. The maximum atomic E-state index is 9.06. The van der Waals surface area contributed by atoms with Crippen molar-refractivity contribution in [3.63, 3.8) is 0 Å². The number of rotatable bonds is 5. The first-order valence-corrected chi connectivity index (χ1v) is 6.20. The highest BCUT2D eigenvalue weighted by atomic mass is 16.4. The van der Waals surface area contributed by atoms with Gasteiger partial charge in [-0.2, -0.15) is 0 Å². The third kappa shape index (κ3) is 3.45. The van der Waals surface area contributed by atoms with E-state index >= 15 is 0 Å². The van der Waals surface area contributed by atoms with Gasteiger partial charge in [0.15, 0.2) is 0 Å². The molecule has 0 unspecified atom stereocenters. The van der Waals surface area contributed by atoms with E-state index in [0.29, 0.717) is 0 Å². The number of hydrogen-bond acceptors (Lipinski definition) is 2. The van der Waals surface area contributed by atoms with Crippen LogP contribution >= 0.6 is 0 Å². The van der Waals surface area contributed by atoms with Crippen LogP contribution in [-0.2, 0) is 6.42 Å². The Bertz CT molecular complexity index is 491. The van der Waals surface area contributed by atoms with Crippen LogP contribution in [-0.4, -0.2) is 10.9 Å². The summed E-state index contributed by atoms with van der Waals surface area (Å²) in [6, 6.07) is 20.2. The second-order valence-corrected chi connectivity index (χ2v) is 4.25. The van der Waals surface area contributed by atoms with Crippen molar-refractivity contribution in [2.45, 2.75) is 19.3 Å². The highest BCUT2D eigenvalue weighted by Crippen LogP contribution is 2.10. The summed E-state index contributed by atoms with van der Waals surface area (Å²) in [5, 5.41) is 12.5. The van der Waals surface area contributed by atoms with E-state index in [4.69, 9.17) is 5.21 Å². The van der Waals surface area contributed by atoms with Gasteiger partial charge in [0.05, 0.1) is 5.71 Å². The summed E-state index contributed by atoms with van der Waals surface area (Å²) >= 11 is 0. The monoisotopic (exact) mass is 239 g/mol. The van der Waals surface area contributed by atoms with E-state index in [-0.39, 0.29) is 0 Å². The lowest BCUT2D eigenvalue weighted by Gasteiger charge is -2.04. The van der Waals surface area contributed by atoms with Crippen molar-refractivity contribution in [2.75, 3.05) is 0 Å². The third-order valence-corrected chi connectivity index (χ3v) is 2.95. The zero-order valence-electron chi connectivity index (χ0n) is 10.3. The van der Waals surface area contributed by atoms with E-state index in [1.54, 1.807) is 0 Å². The van der Waals surface area contributed by atoms with Crippen molar-refractivity contribution in [1.82, 2.24) is 0 Å². The average Bonchev–Trinajstić information content (AvgIpc) is 2.46. The molecule has 0 heterocycles. The SMILES string of the molecule is ON=C(CCCc1ccccc1)c1ccccc1. The number of oxime groups is 1. The molecular weight excluding hydrogens is 222 g/mol. The molecule has 0 radical (unpaired) electrons. The molecule has 0 amide bonds. The fourth-order valence-corrected chi connectivity index (χ4v) is 1.99. The van der Waals surface area contributed by atoms with E-state index in [2.05, 4.69) is 17.3 Å². The predicted molar refractivity (Wildman–Crippen MR) is 74.1 cm³/mol. The third-order valence-electron chi connectivity index (χ3n) is 2.95. The number of hydrogen-bond donors (Lipinski definition) is 1. The van der Waals surface area contributed by atoms with Crippen LogP contribution in [0.25, 0.3) is 0 Å². The normalized spacial score (nSPS) is 11.4. The van der Waals surface area contributed by atoms with Crippen molar-refractivity contribution in [3.8, 4) is 0 Å². The molecule has 2 heteroatoms. The Morgan fingerprint density at radius 2 is 1.50 bits per heavy atom. The van der Waals surface area contributed by atoms with Crippen LogP contribution in [0.15, 0.2) is 65.8 Å². The van der Waals surface area contributed by atoms with Crippen molar-refractivity contribution in [1.29, 1.82) is 0 Å². The molecule has 0 aliphatic carbocycles. The molecule has 0 saturated heterocycles. The Morgan fingerprint density at radius 3 is 2.11 bits per heavy atom. The van der Waals surface area contributed by atoms with Crippen LogP contribution in [0.1, 0.15) is 24.0 Å². The summed E-state index contributed by atoms with van der Waals surface area (Å²) in [5.74, 6) is 0. The zero-order chi connectivity index (χ0) is 12.6. The van der Waals surface area contributed by atoms with Crippen LogP contribution in [0.2, 0.25) is 0 Å². The van der Waals surface area contributed by atoms with Gasteiger partial charge in [0.25, 0.3) is 0 Å². The minimum atomic E-state index is 0.756. The van der Waals surface area contributed by atoms with Gasteiger partial charge in [0, 0.05) is 0 Å². The van der Waals surface area contributed by atoms with Crippen LogP contribution < -0.4 is 0 Å². The van der Waals surface area contributed by atoms with Crippen LogP contribution in [0, 0.1) is 0 Å². The maximum Gasteiger partial charge on any atom is 0.0867 e. The standard InChI is InChI=1S/C16H17NO/c18-17-16(15-11-5-2-6-12-15)13-7-10-14-8-3-1-4-9-14/h1-6,8-9,11-12,18H,7,10,13H2. The van der Waals surface area contributed by atoms with Crippen LogP contribution in [0.5, 0.6) is 0 Å². The fourth-order valence-electron chi connectivity index (χ4n) is 1.99. The minimum Gasteiger partial charge on any atom is -0.411 e. The average molecular weight is 239 g/mol. The minimum absolute atomic E-state index is 0.756. The number of nitrogens with zero attached hydrogens (tertiary/aromatic N) is 1. The molecule has 0 spiro atoms. The van der Waals surface area contributed by atoms with Gasteiger partial charge >= 0.3 is 0 Å². The van der Waals surface area contributed by atoms with Crippen molar-refractivity contribution < 1.29 is 5.21 Å². The van der Waals surface area contributed by atoms with E-state index in [1.165, 1.54) is 5.56 Å². The highest BCUT2D eigenvalue weighted by molar-refractivity contribution is 6.00. The quantitative estimate of drug-likeness (QED) is 0.479. The van der Waals surface area contributed by atoms with E-state index < -0.39 is 0 Å². The van der Waals surface area contributed by atoms with Gasteiger partial charge < -0.3 is 5.21 Å². The zero-order valence-corrected chi connectivity index (χ0v) is 10.3. The van der Waals surface area contributed by atoms with Gasteiger partial charge in [-0.1, -0.05) is 65.8 Å². The largest absolute Gasteiger partial charge is 0.411 e. The number of benzene rings is 2. The van der Waals surface area contributed by atoms with Crippen LogP contribution in [0.4, 0.5) is 0 Å². The fraction of sp³-hybridized carbons (Fsp3) is 0.188. The summed E-state index contributed by atoms with van der Waals surface area (Å²) < 4.78 is 0. The van der Waals surface area contributed by atoms with Gasteiger partial charge in [-0.25, -0.2) is 0 Å². The molecule has 92 valence electrons. The maximum absolute atomic E-state index is 9.06. The van der Waals surface area contributed by atoms with Crippen LogP contribution in [0.3, 0.4) is 0 Å². The van der Waals surface area contributed by atoms with Gasteiger partial charge in [0.2, 0.25) is 0 Å². The molecule has 0 aliphatic heterocycles. The molecule has 2 aromatic carbocycles. The predicted octanol–water partition coefficient (Wildman–Crippen LogP) is 3.89. The summed E-state index contributed by atoms with van der Waals surface area (Å²) in [6.45, 7) is 0. The molecule has 0 saturated carbocycles. The first-order valence-electron chi connectivity index (χ1n) is 6.20. The van der Waals surface area contributed by atoms with E-state index in [1.807, 2.05) is 48.5 Å². The van der Waals surface area contributed by atoms with Crippen molar-refractivity contribution >= 4 is 5.71 Å². The molecule has 0 fully saturated rings. The molecular formula is C16H17NO. The molecule has 0 bridgehead atoms. The summed E-state index contributed by atoms with van der Waals surface area (Å²) in [6.07, 6.45) is 2.78. The first kappa shape index (κ1) is 12.4. The summed E-state index contributed by atoms with van der Waals surface area (Å²) in [5.41, 5.74) is 3.07. The molecule has 18 heavy (non-hydrogen) atoms. The molecule has 2 aromatic rings. The second-order valence-electron chi connectivity index (χ2n) is 4.25. The van der Waals surface area contributed by atoms with Crippen molar-refractivity contribution in [3.05, 3.63) is 71.8 Å². The topological polar surface area (TPSA) is 32.6 Å². The Labute approximate surface area is 108 Å². The lowest BCUT2D eigenvalue weighted by molar-refractivity contribution is 0.318. The van der Waals surface area contributed by atoms with Gasteiger partial charge in [-0.3, -0.25) is 0 Å². The lowest BCUT2D eigenvalue weighted by atomic mass is 10.0. The molecule has 1 N–H and O–H groups in total. The molecule has 2 rings (SSSR count).